The van der Waals surface area contributed by atoms with Crippen molar-refractivity contribution >= 4 is 45.7 Å². The van der Waals surface area contributed by atoms with Crippen molar-refractivity contribution < 1.29 is 4.79 Å². The first-order valence-corrected chi connectivity index (χ1v) is 6.52. The molecule has 1 aromatic heterocycles. The molecule has 2 aromatic rings. The lowest BCUT2D eigenvalue weighted by Gasteiger charge is -2.08. The molecule has 1 amide bonds. The van der Waals surface area contributed by atoms with Gasteiger partial charge >= 0.3 is 0 Å². The zero-order valence-corrected chi connectivity index (χ0v) is 12.2. The fourth-order valence-corrected chi connectivity index (χ4v) is 1.88. The predicted molar refractivity (Wildman–Crippen MR) is 81.6 cm³/mol. The number of rotatable bonds is 3. The molecule has 0 saturated heterocycles. The van der Waals surface area contributed by atoms with Crippen molar-refractivity contribution in [3.05, 3.63) is 44.5 Å². The number of halogens is 1. The van der Waals surface area contributed by atoms with E-state index in [0.717, 1.165) is 5.69 Å². The average molecular weight is 370 g/mol. The molecule has 19 heavy (non-hydrogen) atoms. The molecule has 1 heterocycles. The molecule has 0 saturated carbocycles. The molecule has 0 fully saturated rings. The van der Waals surface area contributed by atoms with E-state index >= 15 is 0 Å². The van der Waals surface area contributed by atoms with Gasteiger partial charge in [-0.1, -0.05) is 0 Å². The van der Waals surface area contributed by atoms with E-state index in [1.165, 1.54) is 13.3 Å². The minimum atomic E-state index is -0.187. The van der Waals surface area contributed by atoms with E-state index < -0.39 is 0 Å². The first-order valence-electron chi connectivity index (χ1n) is 5.44. The molecule has 0 spiro atoms. The maximum absolute atomic E-state index is 11.4. The minimum Gasteiger partial charge on any atom is -0.339 e. The van der Waals surface area contributed by atoms with Crippen LogP contribution in [0.15, 0.2) is 35.4 Å². The monoisotopic (exact) mass is 370 g/mol. The first-order chi connectivity index (χ1) is 9.06. The molecule has 0 unspecified atom stereocenters. The number of hydrogen-bond acceptors (Lipinski definition) is 4. The van der Waals surface area contributed by atoms with Gasteiger partial charge in [-0.05, 0) is 46.9 Å². The number of H-pyrrole nitrogens is 1. The number of benzene rings is 1. The van der Waals surface area contributed by atoms with Crippen molar-refractivity contribution in [2.45, 2.75) is 6.92 Å². The SMILES string of the molecule is CC(=O)Nc1ccc(Nc2nc[nH]c(=O)c2I)cc1. The van der Waals surface area contributed by atoms with Crippen molar-refractivity contribution in [2.24, 2.45) is 0 Å². The molecular weight excluding hydrogens is 359 g/mol. The van der Waals surface area contributed by atoms with Gasteiger partial charge in [0.2, 0.25) is 5.91 Å². The van der Waals surface area contributed by atoms with Crippen molar-refractivity contribution in [2.75, 3.05) is 10.6 Å². The lowest BCUT2D eigenvalue weighted by Crippen LogP contribution is -2.12. The molecule has 1 aromatic carbocycles. The maximum atomic E-state index is 11.4. The Morgan fingerprint density at radius 1 is 1.26 bits per heavy atom. The standard InChI is InChI=1S/C12H11IN4O2/c1-7(18)16-8-2-4-9(5-3-8)17-11-10(13)12(19)15-6-14-11/h2-6H,1H3,(H,16,18)(H2,14,15,17,19). The minimum absolute atomic E-state index is 0.119. The van der Waals surface area contributed by atoms with Gasteiger partial charge in [-0.2, -0.15) is 0 Å². The molecule has 6 nitrogen and oxygen atoms in total. The van der Waals surface area contributed by atoms with Gasteiger partial charge in [-0.25, -0.2) is 4.98 Å². The number of carbonyl (C=O) groups excluding carboxylic acids is 1. The third kappa shape index (κ3) is 3.53. The van der Waals surface area contributed by atoms with Gasteiger partial charge in [0.25, 0.3) is 5.56 Å². The van der Waals surface area contributed by atoms with Crippen LogP contribution in [0.2, 0.25) is 0 Å². The number of nitrogens with zero attached hydrogens (tertiary/aromatic N) is 1. The Kier molecular flexibility index (Phi) is 4.15. The molecule has 0 atom stereocenters. The summed E-state index contributed by atoms with van der Waals surface area (Å²) in [5.74, 6) is 0.378. The van der Waals surface area contributed by atoms with Crippen molar-refractivity contribution in [1.29, 1.82) is 0 Å². The Morgan fingerprint density at radius 2 is 1.89 bits per heavy atom. The van der Waals surface area contributed by atoms with E-state index in [4.69, 9.17) is 0 Å². The van der Waals surface area contributed by atoms with Crippen LogP contribution in [0.5, 0.6) is 0 Å². The van der Waals surface area contributed by atoms with Gasteiger partial charge in [0.15, 0.2) is 5.82 Å². The van der Waals surface area contributed by atoms with Crippen LogP contribution in [-0.4, -0.2) is 15.9 Å². The van der Waals surface area contributed by atoms with Crippen LogP contribution < -0.4 is 16.2 Å². The lowest BCUT2D eigenvalue weighted by molar-refractivity contribution is -0.114. The second-order valence-corrected chi connectivity index (χ2v) is 4.86. The Morgan fingerprint density at radius 3 is 2.53 bits per heavy atom. The molecule has 2 rings (SSSR count). The quantitative estimate of drug-likeness (QED) is 0.722. The smallest absolute Gasteiger partial charge is 0.266 e. The number of aromatic nitrogens is 2. The summed E-state index contributed by atoms with van der Waals surface area (Å²) in [5, 5.41) is 5.72. The largest absolute Gasteiger partial charge is 0.339 e. The summed E-state index contributed by atoms with van der Waals surface area (Å²) < 4.78 is 0.492. The number of aromatic amines is 1. The van der Waals surface area contributed by atoms with E-state index in [2.05, 4.69) is 20.6 Å². The van der Waals surface area contributed by atoms with Gasteiger partial charge in [0.05, 0.1) is 6.33 Å². The molecule has 0 radical (unpaired) electrons. The normalized spacial score (nSPS) is 10.0. The Labute approximate surface area is 122 Å². The van der Waals surface area contributed by atoms with Crippen molar-refractivity contribution in [3.63, 3.8) is 0 Å². The van der Waals surface area contributed by atoms with Crippen molar-refractivity contribution in [3.8, 4) is 0 Å². The lowest BCUT2D eigenvalue weighted by atomic mass is 10.2. The zero-order valence-electron chi connectivity index (χ0n) is 10.0. The molecule has 7 heteroatoms. The van der Waals surface area contributed by atoms with Gasteiger partial charge in [-0.15, -0.1) is 0 Å². The number of amides is 1. The van der Waals surface area contributed by atoms with Crippen LogP contribution >= 0.6 is 22.6 Å². The highest BCUT2D eigenvalue weighted by Gasteiger charge is 2.05. The summed E-state index contributed by atoms with van der Waals surface area (Å²) in [4.78, 5) is 28.9. The number of hydrogen-bond donors (Lipinski definition) is 3. The second kappa shape index (κ2) is 5.83. The Bertz CT molecular complexity index is 652. The maximum Gasteiger partial charge on any atom is 0.266 e. The average Bonchev–Trinajstić information content (AvgIpc) is 2.37. The summed E-state index contributed by atoms with van der Waals surface area (Å²) in [7, 11) is 0. The van der Waals surface area contributed by atoms with E-state index in [9.17, 15) is 9.59 Å². The topological polar surface area (TPSA) is 86.9 Å². The van der Waals surface area contributed by atoms with Crippen LogP contribution in [-0.2, 0) is 4.79 Å². The predicted octanol–water partition coefficient (Wildman–Crippen LogP) is 2.08. The van der Waals surface area contributed by atoms with E-state index in [1.807, 2.05) is 22.6 Å². The fraction of sp³-hybridized carbons (Fsp3) is 0.0833. The van der Waals surface area contributed by atoms with Gasteiger partial charge < -0.3 is 15.6 Å². The van der Waals surface area contributed by atoms with Crippen LogP contribution in [0, 0.1) is 3.57 Å². The highest BCUT2D eigenvalue weighted by molar-refractivity contribution is 14.1. The van der Waals surface area contributed by atoms with Gasteiger partial charge in [-0.3, -0.25) is 9.59 Å². The fourth-order valence-electron chi connectivity index (χ4n) is 1.45. The summed E-state index contributed by atoms with van der Waals surface area (Å²) in [6.07, 6.45) is 1.35. The molecule has 0 aliphatic carbocycles. The Balaban J connectivity index is 2.17. The molecule has 0 bridgehead atoms. The zero-order chi connectivity index (χ0) is 13.8. The summed E-state index contributed by atoms with van der Waals surface area (Å²) in [6.45, 7) is 1.45. The van der Waals surface area contributed by atoms with E-state index in [1.54, 1.807) is 24.3 Å². The van der Waals surface area contributed by atoms with Crippen LogP contribution in [0.25, 0.3) is 0 Å². The van der Waals surface area contributed by atoms with E-state index in [0.29, 0.717) is 15.1 Å². The van der Waals surface area contributed by atoms with E-state index in [-0.39, 0.29) is 11.5 Å². The molecule has 0 aliphatic rings. The first kappa shape index (κ1) is 13.5. The van der Waals surface area contributed by atoms with Crippen LogP contribution in [0.3, 0.4) is 0 Å². The number of nitrogens with one attached hydrogen (secondary N) is 3. The summed E-state index contributed by atoms with van der Waals surface area (Å²) in [5.41, 5.74) is 1.31. The van der Waals surface area contributed by atoms with Gasteiger partial charge in [0, 0.05) is 18.3 Å². The number of anilines is 3. The molecule has 0 aliphatic heterocycles. The third-order valence-corrected chi connectivity index (χ3v) is 3.27. The number of carbonyl (C=O) groups is 1. The summed E-state index contributed by atoms with van der Waals surface area (Å²) in [6, 6.07) is 7.13. The highest BCUT2D eigenvalue weighted by atomic mass is 127. The van der Waals surface area contributed by atoms with Crippen LogP contribution in [0.4, 0.5) is 17.2 Å². The van der Waals surface area contributed by atoms with Crippen molar-refractivity contribution in [1.82, 2.24) is 9.97 Å². The third-order valence-electron chi connectivity index (χ3n) is 2.26. The summed E-state index contributed by atoms with van der Waals surface area (Å²) >= 11 is 1.93. The second-order valence-electron chi connectivity index (χ2n) is 3.78. The molecular formula is C12H11IN4O2. The highest BCUT2D eigenvalue weighted by Crippen LogP contribution is 2.19. The van der Waals surface area contributed by atoms with Gasteiger partial charge in [0.1, 0.15) is 3.57 Å². The molecule has 3 N–H and O–H groups in total. The molecule has 98 valence electrons. The van der Waals surface area contributed by atoms with Crippen LogP contribution in [0.1, 0.15) is 6.92 Å². The Hall–Kier alpha value is -1.90.